The highest BCUT2D eigenvalue weighted by molar-refractivity contribution is 6.71. The first-order chi connectivity index (χ1) is 14.5. The fraction of sp³-hybridized carbons (Fsp3) is 0.308. The molecule has 0 heterocycles. The third-order valence-corrected chi connectivity index (χ3v) is 6.64. The van der Waals surface area contributed by atoms with Gasteiger partial charge in [-0.05, 0) is 62.5 Å². The minimum atomic E-state index is -2.09. The van der Waals surface area contributed by atoms with Crippen molar-refractivity contribution >= 4 is 16.6 Å². The van der Waals surface area contributed by atoms with E-state index in [1.807, 2.05) is 48.5 Å². The SMILES string of the molecule is C[Si](C)(C)OC(O[Si](C)(C)C)(c1ccccc1)C(c1ccccc1)c1ccc(F)cc1. The first kappa shape index (κ1) is 23.6. The van der Waals surface area contributed by atoms with Gasteiger partial charge in [0.25, 0.3) is 0 Å². The summed E-state index contributed by atoms with van der Waals surface area (Å²) in [6, 6.07) is 27.2. The van der Waals surface area contributed by atoms with E-state index in [-0.39, 0.29) is 11.7 Å². The largest absolute Gasteiger partial charge is 0.387 e. The standard InChI is InChI=1S/C26H33FO2Si2/c1-30(2,3)28-26(29-31(4,5)6,23-15-11-8-12-16-23)25(21-13-9-7-10-14-21)22-17-19-24(27)20-18-22/h7-20,25H,1-6H3. The maximum Gasteiger partial charge on any atom is 0.188 e. The molecule has 0 N–H and O–H groups in total. The Kier molecular flexibility index (Phi) is 7.01. The second kappa shape index (κ2) is 9.21. The Hall–Kier alpha value is -2.06. The van der Waals surface area contributed by atoms with Gasteiger partial charge in [0.15, 0.2) is 22.4 Å². The number of hydrogen-bond donors (Lipinski definition) is 0. The van der Waals surface area contributed by atoms with Crippen LogP contribution in [0.5, 0.6) is 0 Å². The fourth-order valence-corrected chi connectivity index (χ4v) is 6.39. The summed E-state index contributed by atoms with van der Waals surface area (Å²) in [6.07, 6.45) is 0. The third-order valence-electron chi connectivity index (χ3n) is 4.81. The topological polar surface area (TPSA) is 18.5 Å². The van der Waals surface area contributed by atoms with E-state index in [9.17, 15) is 4.39 Å². The van der Waals surface area contributed by atoms with Crippen molar-refractivity contribution in [2.24, 2.45) is 0 Å². The van der Waals surface area contributed by atoms with E-state index in [4.69, 9.17) is 8.85 Å². The van der Waals surface area contributed by atoms with Crippen molar-refractivity contribution in [2.45, 2.75) is 51.0 Å². The molecule has 164 valence electrons. The van der Waals surface area contributed by atoms with Crippen molar-refractivity contribution in [1.82, 2.24) is 0 Å². The van der Waals surface area contributed by atoms with Gasteiger partial charge >= 0.3 is 0 Å². The molecular formula is C26H33FO2Si2. The van der Waals surface area contributed by atoms with Crippen LogP contribution in [0.4, 0.5) is 4.39 Å². The van der Waals surface area contributed by atoms with Crippen LogP contribution in [-0.4, -0.2) is 16.6 Å². The summed E-state index contributed by atoms with van der Waals surface area (Å²) < 4.78 is 28.0. The van der Waals surface area contributed by atoms with Crippen LogP contribution in [0.2, 0.25) is 39.3 Å². The molecular weight excluding hydrogens is 419 g/mol. The first-order valence-electron chi connectivity index (χ1n) is 10.8. The Morgan fingerprint density at radius 3 is 1.48 bits per heavy atom. The lowest BCUT2D eigenvalue weighted by Crippen LogP contribution is -2.52. The summed E-state index contributed by atoms with van der Waals surface area (Å²) in [5.74, 6) is -1.52. The molecule has 0 spiro atoms. The Morgan fingerprint density at radius 1 is 0.613 bits per heavy atom. The Bertz CT molecular complexity index is 946. The highest BCUT2D eigenvalue weighted by Gasteiger charge is 2.49. The summed E-state index contributed by atoms with van der Waals surface area (Å²) >= 11 is 0. The normalized spacial score (nSPS) is 13.8. The van der Waals surface area contributed by atoms with Gasteiger partial charge in [0.1, 0.15) is 5.82 Å². The summed E-state index contributed by atoms with van der Waals surface area (Å²) in [5, 5.41) is 0. The zero-order valence-electron chi connectivity index (χ0n) is 19.4. The van der Waals surface area contributed by atoms with Crippen LogP contribution in [0.1, 0.15) is 22.6 Å². The zero-order chi connectivity index (χ0) is 22.7. The second-order valence-electron chi connectivity index (χ2n) is 9.86. The summed E-state index contributed by atoms with van der Waals surface area (Å²) in [5.41, 5.74) is 3.03. The molecule has 0 saturated heterocycles. The lowest BCUT2D eigenvalue weighted by molar-refractivity contribution is -0.148. The highest BCUT2D eigenvalue weighted by Crippen LogP contribution is 2.48. The van der Waals surface area contributed by atoms with Crippen LogP contribution < -0.4 is 0 Å². The monoisotopic (exact) mass is 452 g/mol. The van der Waals surface area contributed by atoms with Crippen molar-refractivity contribution in [2.75, 3.05) is 0 Å². The van der Waals surface area contributed by atoms with Crippen molar-refractivity contribution in [1.29, 1.82) is 0 Å². The van der Waals surface area contributed by atoms with Gasteiger partial charge in [-0.15, -0.1) is 0 Å². The van der Waals surface area contributed by atoms with Crippen LogP contribution in [-0.2, 0) is 14.6 Å². The van der Waals surface area contributed by atoms with E-state index in [2.05, 4.69) is 63.5 Å². The maximum absolute atomic E-state index is 13.9. The van der Waals surface area contributed by atoms with Gasteiger partial charge in [-0.2, -0.15) is 0 Å². The van der Waals surface area contributed by atoms with Gasteiger partial charge < -0.3 is 8.85 Å². The molecule has 1 atom stereocenters. The van der Waals surface area contributed by atoms with Crippen molar-refractivity contribution in [3.8, 4) is 0 Å². The average molecular weight is 453 g/mol. The Balaban J connectivity index is 2.37. The third kappa shape index (κ3) is 6.01. The molecule has 0 amide bonds. The molecule has 2 nitrogen and oxygen atoms in total. The predicted molar refractivity (Wildman–Crippen MR) is 132 cm³/mol. The molecule has 0 fully saturated rings. The Labute approximate surface area is 188 Å². The highest BCUT2D eigenvalue weighted by atomic mass is 28.4. The molecule has 31 heavy (non-hydrogen) atoms. The van der Waals surface area contributed by atoms with Gasteiger partial charge in [-0.3, -0.25) is 0 Å². The van der Waals surface area contributed by atoms with Gasteiger partial charge in [-0.1, -0.05) is 72.8 Å². The first-order valence-corrected chi connectivity index (χ1v) is 17.6. The van der Waals surface area contributed by atoms with E-state index in [1.54, 1.807) is 0 Å². The molecule has 0 saturated carbocycles. The quantitative estimate of drug-likeness (QED) is 0.260. The number of hydrogen-bond acceptors (Lipinski definition) is 2. The van der Waals surface area contributed by atoms with Crippen molar-refractivity contribution < 1.29 is 13.2 Å². The molecule has 1 unspecified atom stereocenters. The van der Waals surface area contributed by atoms with Gasteiger partial charge in [0.2, 0.25) is 0 Å². The van der Waals surface area contributed by atoms with Crippen molar-refractivity contribution in [3.63, 3.8) is 0 Å². The summed E-state index contributed by atoms with van der Waals surface area (Å²) in [6.45, 7) is 13.1. The van der Waals surface area contributed by atoms with Crippen LogP contribution in [0.15, 0.2) is 84.9 Å². The molecule has 0 aromatic heterocycles. The van der Waals surface area contributed by atoms with Gasteiger partial charge in [0.05, 0.1) is 5.92 Å². The lowest BCUT2D eigenvalue weighted by Gasteiger charge is -2.48. The van der Waals surface area contributed by atoms with Gasteiger partial charge in [0, 0.05) is 5.56 Å². The number of benzene rings is 3. The summed E-state index contributed by atoms with van der Waals surface area (Å²) in [7, 11) is -4.18. The van der Waals surface area contributed by atoms with Crippen LogP contribution in [0.3, 0.4) is 0 Å². The van der Waals surface area contributed by atoms with E-state index < -0.39 is 22.4 Å². The number of rotatable bonds is 8. The minimum Gasteiger partial charge on any atom is -0.387 e. The summed E-state index contributed by atoms with van der Waals surface area (Å²) in [4.78, 5) is 0. The van der Waals surface area contributed by atoms with E-state index >= 15 is 0 Å². The molecule has 3 aromatic carbocycles. The van der Waals surface area contributed by atoms with E-state index in [0.717, 1.165) is 16.7 Å². The van der Waals surface area contributed by atoms with E-state index in [0.29, 0.717) is 0 Å². The molecule has 5 heteroatoms. The molecule has 3 rings (SSSR count). The molecule has 3 aromatic rings. The van der Waals surface area contributed by atoms with Gasteiger partial charge in [-0.25, -0.2) is 4.39 Å². The predicted octanol–water partition coefficient (Wildman–Crippen LogP) is 7.51. The minimum absolute atomic E-state index is 0.252. The second-order valence-corrected chi connectivity index (χ2v) is 18.7. The average Bonchev–Trinajstić information content (AvgIpc) is 2.68. The molecule has 0 radical (unpaired) electrons. The smallest absolute Gasteiger partial charge is 0.188 e. The number of halogens is 1. The van der Waals surface area contributed by atoms with E-state index in [1.165, 1.54) is 12.1 Å². The van der Waals surface area contributed by atoms with Crippen LogP contribution >= 0.6 is 0 Å². The fourth-order valence-electron chi connectivity index (χ4n) is 3.94. The lowest BCUT2D eigenvalue weighted by atomic mass is 9.81. The van der Waals surface area contributed by atoms with Crippen molar-refractivity contribution in [3.05, 3.63) is 107 Å². The zero-order valence-corrected chi connectivity index (χ0v) is 21.4. The molecule has 0 aliphatic heterocycles. The van der Waals surface area contributed by atoms with Crippen LogP contribution in [0, 0.1) is 5.82 Å². The molecule has 0 aliphatic carbocycles. The van der Waals surface area contributed by atoms with Crippen LogP contribution in [0.25, 0.3) is 0 Å². The Morgan fingerprint density at radius 2 is 1.03 bits per heavy atom. The maximum atomic E-state index is 13.9. The molecule has 0 bridgehead atoms. The molecule has 0 aliphatic rings.